The predicted octanol–water partition coefficient (Wildman–Crippen LogP) is 5.62. The molecule has 0 saturated heterocycles. The van der Waals surface area contributed by atoms with Crippen LogP contribution in [0.1, 0.15) is 17.5 Å². The summed E-state index contributed by atoms with van der Waals surface area (Å²) in [6.07, 6.45) is -4.44. The molecule has 0 bridgehead atoms. The Kier molecular flexibility index (Phi) is 6.57. The maximum atomic E-state index is 13.0. The lowest BCUT2D eigenvalue weighted by Gasteiger charge is -2.14. The second kappa shape index (κ2) is 8.44. The Bertz CT molecular complexity index is 692. The zero-order valence-electron chi connectivity index (χ0n) is 12.6. The van der Waals surface area contributed by atoms with E-state index in [9.17, 15) is 18.0 Å². The fraction of sp³-hybridized carbons (Fsp3) is 0.235. The topological polar surface area (TPSA) is 29.1 Å². The number of hydrogen-bond acceptors (Lipinski definition) is 2. The molecular weight excluding hydrogens is 359 g/mol. The number of rotatable bonds is 6. The van der Waals surface area contributed by atoms with Gasteiger partial charge < -0.3 is 5.32 Å². The Morgan fingerprint density at radius 2 is 1.83 bits per heavy atom. The summed E-state index contributed by atoms with van der Waals surface area (Å²) in [6, 6.07) is 13.0. The fourth-order valence-electron chi connectivity index (χ4n) is 2.00. The van der Waals surface area contributed by atoms with E-state index < -0.39 is 17.6 Å². The molecule has 1 amide bonds. The first-order valence-corrected chi connectivity index (χ1v) is 8.68. The van der Waals surface area contributed by atoms with Crippen LogP contribution in [0.5, 0.6) is 0 Å². The number of carbonyl (C=O) groups excluding carboxylic acids is 1. The molecule has 0 aliphatic heterocycles. The molecule has 7 heteroatoms. The number of alkyl halides is 3. The van der Waals surface area contributed by atoms with Crippen molar-refractivity contribution in [3.8, 4) is 0 Å². The van der Waals surface area contributed by atoms with Gasteiger partial charge in [-0.25, -0.2) is 0 Å². The molecule has 1 N–H and O–H groups in total. The first-order chi connectivity index (χ1) is 11.4. The van der Waals surface area contributed by atoms with Crippen LogP contribution in [-0.2, 0) is 16.7 Å². The normalized spacial score (nSPS) is 11.3. The molecule has 0 fully saturated rings. The molecule has 0 heterocycles. The highest BCUT2D eigenvalue weighted by Crippen LogP contribution is 2.36. The highest BCUT2D eigenvalue weighted by Gasteiger charge is 2.34. The van der Waals surface area contributed by atoms with Crippen molar-refractivity contribution >= 4 is 35.0 Å². The summed E-state index contributed by atoms with van der Waals surface area (Å²) >= 11 is 7.16. The summed E-state index contributed by atoms with van der Waals surface area (Å²) in [6.45, 7) is 0. The molecule has 0 aliphatic carbocycles. The number of nitrogens with one attached hydrogen (secondary N) is 1. The van der Waals surface area contributed by atoms with Crippen molar-refractivity contribution in [3.05, 3.63) is 64.7 Å². The molecule has 0 aliphatic rings. The van der Waals surface area contributed by atoms with Crippen molar-refractivity contribution in [2.24, 2.45) is 0 Å². The molecule has 0 saturated carbocycles. The lowest BCUT2D eigenvalue weighted by Crippen LogP contribution is -2.17. The zero-order valence-corrected chi connectivity index (χ0v) is 14.1. The molecule has 128 valence electrons. The van der Waals surface area contributed by atoms with E-state index in [4.69, 9.17) is 11.6 Å². The van der Waals surface area contributed by atoms with Gasteiger partial charge in [0.25, 0.3) is 0 Å². The van der Waals surface area contributed by atoms with Crippen LogP contribution in [0.25, 0.3) is 0 Å². The minimum Gasteiger partial charge on any atom is -0.325 e. The van der Waals surface area contributed by atoms with Crippen molar-refractivity contribution in [2.75, 3.05) is 11.1 Å². The smallest absolute Gasteiger partial charge is 0.325 e. The molecule has 24 heavy (non-hydrogen) atoms. The van der Waals surface area contributed by atoms with Gasteiger partial charge in [0.15, 0.2) is 0 Å². The minimum atomic E-state index is -4.57. The maximum absolute atomic E-state index is 13.0. The molecule has 2 aromatic rings. The number of amides is 1. The third-order valence-corrected chi connectivity index (χ3v) is 4.41. The number of halogens is 4. The predicted molar refractivity (Wildman–Crippen MR) is 92.3 cm³/mol. The van der Waals surface area contributed by atoms with Crippen LogP contribution in [0.3, 0.4) is 0 Å². The second-order valence-electron chi connectivity index (χ2n) is 5.02. The third kappa shape index (κ3) is 5.76. The SMILES string of the molecule is O=C(CCSCc1ccccc1)Nc1ccc(Cl)cc1C(F)(F)F. The van der Waals surface area contributed by atoms with Crippen LogP contribution in [0.2, 0.25) is 5.02 Å². The van der Waals surface area contributed by atoms with E-state index in [0.717, 1.165) is 17.4 Å². The Labute approximate surface area is 147 Å². The number of benzene rings is 2. The summed E-state index contributed by atoms with van der Waals surface area (Å²) in [5.74, 6) is 0.821. The van der Waals surface area contributed by atoms with Gasteiger partial charge in [-0.3, -0.25) is 4.79 Å². The summed E-state index contributed by atoms with van der Waals surface area (Å²) in [7, 11) is 0. The van der Waals surface area contributed by atoms with Gasteiger partial charge >= 0.3 is 6.18 Å². The number of carbonyl (C=O) groups is 1. The van der Waals surface area contributed by atoms with Crippen LogP contribution in [0.4, 0.5) is 18.9 Å². The molecule has 2 nitrogen and oxygen atoms in total. The summed E-state index contributed by atoms with van der Waals surface area (Å²) in [5, 5.41) is 2.28. The summed E-state index contributed by atoms with van der Waals surface area (Å²) in [5.41, 5.74) is -0.0785. The number of anilines is 1. The van der Waals surface area contributed by atoms with E-state index in [1.54, 1.807) is 11.8 Å². The van der Waals surface area contributed by atoms with Gasteiger partial charge in [-0.15, -0.1) is 0 Å². The second-order valence-corrected chi connectivity index (χ2v) is 6.57. The molecule has 0 aromatic heterocycles. The largest absolute Gasteiger partial charge is 0.418 e. The fourth-order valence-corrected chi connectivity index (χ4v) is 3.08. The van der Waals surface area contributed by atoms with E-state index >= 15 is 0 Å². The Balaban J connectivity index is 1.86. The van der Waals surface area contributed by atoms with Crippen molar-refractivity contribution in [1.82, 2.24) is 0 Å². The molecule has 0 radical (unpaired) electrons. The molecule has 2 rings (SSSR count). The maximum Gasteiger partial charge on any atom is 0.418 e. The average molecular weight is 374 g/mol. The molecule has 2 aromatic carbocycles. The summed E-state index contributed by atoms with van der Waals surface area (Å²) in [4.78, 5) is 11.9. The van der Waals surface area contributed by atoms with Gasteiger partial charge in [-0.2, -0.15) is 24.9 Å². The Hall–Kier alpha value is -1.66. The average Bonchev–Trinajstić information content (AvgIpc) is 2.53. The van der Waals surface area contributed by atoms with Crippen molar-refractivity contribution in [3.63, 3.8) is 0 Å². The zero-order chi connectivity index (χ0) is 17.6. The van der Waals surface area contributed by atoms with E-state index in [1.807, 2.05) is 30.3 Å². The van der Waals surface area contributed by atoms with Gasteiger partial charge in [0.05, 0.1) is 11.3 Å². The first kappa shape index (κ1) is 18.7. The Morgan fingerprint density at radius 1 is 1.12 bits per heavy atom. The quantitative estimate of drug-likeness (QED) is 0.666. The van der Waals surface area contributed by atoms with Gasteiger partial charge in [0, 0.05) is 22.9 Å². The highest BCUT2D eigenvalue weighted by atomic mass is 35.5. The van der Waals surface area contributed by atoms with Crippen LogP contribution in [-0.4, -0.2) is 11.7 Å². The third-order valence-electron chi connectivity index (χ3n) is 3.15. The van der Waals surface area contributed by atoms with Crippen LogP contribution in [0, 0.1) is 0 Å². The van der Waals surface area contributed by atoms with Crippen molar-refractivity contribution in [1.29, 1.82) is 0 Å². The van der Waals surface area contributed by atoms with Gasteiger partial charge in [0.2, 0.25) is 5.91 Å². The van der Waals surface area contributed by atoms with E-state index in [1.165, 1.54) is 12.1 Å². The van der Waals surface area contributed by atoms with E-state index in [-0.39, 0.29) is 17.1 Å². The van der Waals surface area contributed by atoms with Gasteiger partial charge in [-0.1, -0.05) is 41.9 Å². The first-order valence-electron chi connectivity index (χ1n) is 7.14. The number of hydrogen-bond donors (Lipinski definition) is 1. The Morgan fingerprint density at radius 3 is 2.50 bits per heavy atom. The summed E-state index contributed by atoms with van der Waals surface area (Å²) < 4.78 is 38.9. The monoisotopic (exact) mass is 373 g/mol. The molecular formula is C17H15ClF3NOS. The van der Waals surface area contributed by atoms with E-state index in [2.05, 4.69) is 5.32 Å². The van der Waals surface area contributed by atoms with Gasteiger partial charge in [-0.05, 0) is 23.8 Å². The number of thioether (sulfide) groups is 1. The van der Waals surface area contributed by atoms with Crippen LogP contribution in [0.15, 0.2) is 48.5 Å². The van der Waals surface area contributed by atoms with Crippen LogP contribution >= 0.6 is 23.4 Å². The lowest BCUT2D eigenvalue weighted by atomic mass is 10.1. The van der Waals surface area contributed by atoms with E-state index in [0.29, 0.717) is 5.75 Å². The highest BCUT2D eigenvalue weighted by molar-refractivity contribution is 7.98. The molecule has 0 unspecified atom stereocenters. The van der Waals surface area contributed by atoms with Gasteiger partial charge in [0.1, 0.15) is 0 Å². The lowest BCUT2D eigenvalue weighted by molar-refractivity contribution is -0.137. The standard InChI is InChI=1S/C17H15ClF3NOS/c18-13-6-7-15(14(10-13)17(19,20)21)22-16(23)8-9-24-11-12-4-2-1-3-5-12/h1-7,10H,8-9,11H2,(H,22,23). The van der Waals surface area contributed by atoms with Crippen LogP contribution < -0.4 is 5.32 Å². The van der Waals surface area contributed by atoms with Crippen molar-refractivity contribution in [2.45, 2.75) is 18.3 Å². The molecule has 0 spiro atoms. The van der Waals surface area contributed by atoms with Crippen molar-refractivity contribution < 1.29 is 18.0 Å². The minimum absolute atomic E-state index is 0.0289. The molecule has 0 atom stereocenters.